The van der Waals surface area contributed by atoms with Gasteiger partial charge in [0.2, 0.25) is 5.91 Å². The molecule has 1 atom stereocenters. The van der Waals surface area contributed by atoms with Gasteiger partial charge < -0.3 is 0 Å². The first kappa shape index (κ1) is 13.8. The van der Waals surface area contributed by atoms with Crippen molar-refractivity contribution >= 4 is 17.7 Å². The van der Waals surface area contributed by atoms with E-state index in [1.165, 1.54) is 18.6 Å². The molecule has 0 aromatic rings. The van der Waals surface area contributed by atoms with Crippen molar-refractivity contribution in [3.05, 3.63) is 0 Å². The van der Waals surface area contributed by atoms with Crippen LogP contribution in [0, 0.1) is 0 Å². The molecule has 1 amide bonds. The number of carbonyl (C=O) groups is 1. The van der Waals surface area contributed by atoms with Gasteiger partial charge in [0.25, 0.3) is 0 Å². The highest BCUT2D eigenvalue weighted by molar-refractivity contribution is 7.99. The second-order valence-electron chi connectivity index (χ2n) is 3.47. The van der Waals surface area contributed by atoms with Crippen molar-refractivity contribution in [3.8, 4) is 0 Å². The van der Waals surface area contributed by atoms with Gasteiger partial charge in [-0.25, -0.2) is 5.84 Å². The molecule has 0 aliphatic rings. The Bertz CT molecular complexity index is 153. The maximum absolute atomic E-state index is 10.8. The second-order valence-corrected chi connectivity index (χ2v) is 5.01. The van der Waals surface area contributed by atoms with Gasteiger partial charge in [0.1, 0.15) is 0 Å². The Morgan fingerprint density at radius 2 is 2.14 bits per heavy atom. The van der Waals surface area contributed by atoms with Crippen LogP contribution in [-0.4, -0.2) is 16.9 Å². The molecule has 0 rings (SSSR count). The zero-order valence-electron chi connectivity index (χ0n) is 9.21. The fourth-order valence-electron chi connectivity index (χ4n) is 1.04. The molecule has 0 saturated carbocycles. The van der Waals surface area contributed by atoms with E-state index in [0.29, 0.717) is 6.42 Å². The fourth-order valence-corrected chi connectivity index (χ4v) is 2.05. The molecule has 0 fully saturated rings. The number of unbranched alkanes of at least 4 members (excludes halogenated alkanes) is 2. The smallest absolute Gasteiger partial charge is 0.233 e. The number of carbonyl (C=O) groups excluding carboxylic acids is 1. The Balaban J connectivity index is 3.10. The molecule has 4 heteroatoms. The predicted molar refractivity (Wildman–Crippen MR) is 63.0 cm³/mol. The van der Waals surface area contributed by atoms with Gasteiger partial charge in [0, 0.05) is 11.7 Å². The number of hydrogen-bond donors (Lipinski definition) is 2. The van der Waals surface area contributed by atoms with E-state index in [1.807, 2.05) is 11.8 Å². The molecule has 14 heavy (non-hydrogen) atoms. The Labute approximate surface area is 91.2 Å². The number of thioether (sulfide) groups is 1. The third-order valence-corrected chi connectivity index (χ3v) is 3.61. The minimum absolute atomic E-state index is 0.0559. The summed E-state index contributed by atoms with van der Waals surface area (Å²) >= 11 is 2.02. The van der Waals surface area contributed by atoms with Crippen LogP contribution in [0.15, 0.2) is 0 Å². The van der Waals surface area contributed by atoms with E-state index in [2.05, 4.69) is 19.3 Å². The van der Waals surface area contributed by atoms with E-state index in [-0.39, 0.29) is 5.91 Å². The van der Waals surface area contributed by atoms with Gasteiger partial charge in [-0.15, -0.1) is 0 Å². The van der Waals surface area contributed by atoms with Crippen LogP contribution in [0.1, 0.15) is 46.0 Å². The van der Waals surface area contributed by atoms with Gasteiger partial charge in [-0.05, 0) is 25.0 Å². The molecule has 1 unspecified atom stereocenters. The first-order chi connectivity index (χ1) is 6.70. The number of amides is 1. The third-order valence-electron chi connectivity index (χ3n) is 2.19. The van der Waals surface area contributed by atoms with Crippen LogP contribution >= 0.6 is 11.8 Å². The van der Waals surface area contributed by atoms with Gasteiger partial charge in [-0.1, -0.05) is 20.3 Å². The summed E-state index contributed by atoms with van der Waals surface area (Å²) in [7, 11) is 0. The summed E-state index contributed by atoms with van der Waals surface area (Å²) in [5.41, 5.74) is 2.14. The van der Waals surface area contributed by atoms with Gasteiger partial charge in [0.15, 0.2) is 0 Å². The van der Waals surface area contributed by atoms with Gasteiger partial charge >= 0.3 is 0 Å². The lowest BCUT2D eigenvalue weighted by atomic mass is 10.2. The zero-order valence-corrected chi connectivity index (χ0v) is 10.0. The van der Waals surface area contributed by atoms with Crippen molar-refractivity contribution in [3.63, 3.8) is 0 Å². The maximum Gasteiger partial charge on any atom is 0.233 e. The largest absolute Gasteiger partial charge is 0.294 e. The van der Waals surface area contributed by atoms with Crippen molar-refractivity contribution < 1.29 is 4.79 Å². The quantitative estimate of drug-likeness (QED) is 0.284. The standard InChI is InChI=1S/C10H22N2OS/c1-3-9(2)14-8-6-4-5-7-10(13)12-11/h9H,3-8,11H2,1-2H3,(H,12,13). The molecule has 0 heterocycles. The maximum atomic E-state index is 10.8. The Hall–Kier alpha value is -0.220. The van der Waals surface area contributed by atoms with Crippen LogP contribution in [0.4, 0.5) is 0 Å². The Morgan fingerprint density at radius 1 is 1.43 bits per heavy atom. The molecule has 0 aromatic heterocycles. The lowest BCUT2D eigenvalue weighted by Gasteiger charge is -2.07. The number of nitrogens with two attached hydrogens (primary N) is 1. The molecule has 0 spiro atoms. The van der Waals surface area contributed by atoms with Crippen molar-refractivity contribution in [1.82, 2.24) is 5.43 Å². The highest BCUT2D eigenvalue weighted by atomic mass is 32.2. The summed E-state index contributed by atoms with van der Waals surface area (Å²) in [6, 6.07) is 0. The number of hydrazine groups is 1. The molecule has 84 valence electrons. The fraction of sp³-hybridized carbons (Fsp3) is 0.900. The molecular formula is C10H22N2OS. The Morgan fingerprint density at radius 3 is 2.71 bits per heavy atom. The minimum Gasteiger partial charge on any atom is -0.294 e. The number of nitrogens with one attached hydrogen (secondary N) is 1. The summed E-state index contributed by atoms with van der Waals surface area (Å²) in [6.45, 7) is 4.47. The lowest BCUT2D eigenvalue weighted by molar-refractivity contribution is -0.121. The number of hydrogen-bond acceptors (Lipinski definition) is 3. The van der Waals surface area contributed by atoms with Gasteiger partial charge in [0.05, 0.1) is 0 Å². The zero-order chi connectivity index (χ0) is 10.8. The topological polar surface area (TPSA) is 55.1 Å². The SMILES string of the molecule is CCC(C)SCCCCCC(=O)NN. The molecule has 0 aliphatic carbocycles. The molecule has 0 aliphatic heterocycles. The van der Waals surface area contributed by atoms with E-state index < -0.39 is 0 Å². The summed E-state index contributed by atoms with van der Waals surface area (Å²) in [5, 5.41) is 0.766. The summed E-state index contributed by atoms with van der Waals surface area (Å²) in [6.07, 6.45) is 5.07. The van der Waals surface area contributed by atoms with Crippen molar-refractivity contribution in [2.45, 2.75) is 51.2 Å². The molecule has 3 N–H and O–H groups in total. The van der Waals surface area contributed by atoms with Crippen LogP contribution in [0.2, 0.25) is 0 Å². The van der Waals surface area contributed by atoms with Gasteiger partial charge in [-0.3, -0.25) is 10.2 Å². The summed E-state index contributed by atoms with van der Waals surface area (Å²) < 4.78 is 0. The molecule has 0 radical (unpaired) electrons. The average Bonchev–Trinajstić information content (AvgIpc) is 2.22. The Kier molecular flexibility index (Phi) is 9.19. The molecule has 0 aromatic carbocycles. The number of rotatable bonds is 8. The summed E-state index contributed by atoms with van der Waals surface area (Å²) in [5.74, 6) is 6.12. The van der Waals surface area contributed by atoms with E-state index >= 15 is 0 Å². The van der Waals surface area contributed by atoms with E-state index in [9.17, 15) is 4.79 Å². The van der Waals surface area contributed by atoms with Crippen LogP contribution < -0.4 is 11.3 Å². The molecule has 3 nitrogen and oxygen atoms in total. The monoisotopic (exact) mass is 218 g/mol. The van der Waals surface area contributed by atoms with Crippen LogP contribution in [0.5, 0.6) is 0 Å². The highest BCUT2D eigenvalue weighted by Crippen LogP contribution is 2.15. The minimum atomic E-state index is -0.0559. The lowest BCUT2D eigenvalue weighted by Crippen LogP contribution is -2.29. The van der Waals surface area contributed by atoms with Crippen LogP contribution in [0.25, 0.3) is 0 Å². The third kappa shape index (κ3) is 8.38. The first-order valence-corrected chi connectivity index (χ1v) is 6.36. The van der Waals surface area contributed by atoms with Crippen LogP contribution in [0.3, 0.4) is 0 Å². The highest BCUT2D eigenvalue weighted by Gasteiger charge is 2.00. The normalized spacial score (nSPS) is 12.5. The molecule has 0 saturated heterocycles. The molecule has 0 bridgehead atoms. The van der Waals surface area contributed by atoms with E-state index in [4.69, 9.17) is 5.84 Å². The molecular weight excluding hydrogens is 196 g/mol. The van der Waals surface area contributed by atoms with Gasteiger partial charge in [-0.2, -0.15) is 11.8 Å². The van der Waals surface area contributed by atoms with E-state index in [1.54, 1.807) is 0 Å². The first-order valence-electron chi connectivity index (χ1n) is 5.31. The van der Waals surface area contributed by atoms with Crippen molar-refractivity contribution in [2.75, 3.05) is 5.75 Å². The van der Waals surface area contributed by atoms with Crippen molar-refractivity contribution in [2.24, 2.45) is 5.84 Å². The predicted octanol–water partition coefficient (Wildman–Crippen LogP) is 2.07. The summed E-state index contributed by atoms with van der Waals surface area (Å²) in [4.78, 5) is 10.8. The van der Waals surface area contributed by atoms with E-state index in [0.717, 1.165) is 18.1 Å². The second kappa shape index (κ2) is 9.34. The van der Waals surface area contributed by atoms with Crippen molar-refractivity contribution in [1.29, 1.82) is 0 Å². The van der Waals surface area contributed by atoms with Crippen LogP contribution in [-0.2, 0) is 4.79 Å². The average molecular weight is 218 g/mol.